The molecule has 0 bridgehead atoms. The molecule has 1 aliphatic carbocycles. The molecular formula is C23H24N4O3S. The molecule has 0 saturated carbocycles. The average molecular weight is 437 g/mol. The summed E-state index contributed by atoms with van der Waals surface area (Å²) in [6.07, 6.45) is 3.50. The molecule has 0 radical (unpaired) electrons. The number of aromatic nitrogens is 2. The second kappa shape index (κ2) is 10.2. The van der Waals surface area contributed by atoms with Gasteiger partial charge in [-0.1, -0.05) is 29.5 Å². The maximum Gasteiger partial charge on any atom is 0.243 e. The molecule has 1 heterocycles. The number of hydrogen-bond donors (Lipinski definition) is 2. The lowest BCUT2D eigenvalue weighted by Gasteiger charge is -2.11. The van der Waals surface area contributed by atoms with Gasteiger partial charge in [-0.3, -0.25) is 4.79 Å². The summed E-state index contributed by atoms with van der Waals surface area (Å²) in [7, 11) is 0. The molecule has 0 fully saturated rings. The van der Waals surface area contributed by atoms with Gasteiger partial charge in [-0.05, 0) is 62.4 Å². The summed E-state index contributed by atoms with van der Waals surface area (Å²) in [6, 6.07) is 14.3. The van der Waals surface area contributed by atoms with Gasteiger partial charge in [-0.15, -0.1) is 10.2 Å². The van der Waals surface area contributed by atoms with Crippen LogP contribution >= 0.6 is 11.3 Å². The Hall–Kier alpha value is -3.28. The Morgan fingerprint density at radius 1 is 1.26 bits per heavy atom. The minimum Gasteiger partial charge on any atom is -0.490 e. The van der Waals surface area contributed by atoms with Crippen molar-refractivity contribution in [3.8, 4) is 33.0 Å². The van der Waals surface area contributed by atoms with Crippen LogP contribution in [0.1, 0.15) is 37.0 Å². The average Bonchev–Trinajstić information content (AvgIpc) is 3.43. The number of carbonyl (C=O) groups excluding carboxylic acids is 1. The number of nitrogens with two attached hydrogens (primary N) is 1. The number of rotatable bonds is 5. The predicted molar refractivity (Wildman–Crippen MR) is 120 cm³/mol. The number of amides is 1. The summed E-state index contributed by atoms with van der Waals surface area (Å²) in [5.74, 6) is -0.0816. The number of hydrogen-bond acceptors (Lipinski definition) is 7. The molecule has 31 heavy (non-hydrogen) atoms. The van der Waals surface area contributed by atoms with E-state index >= 15 is 0 Å². The molecule has 3 aromatic rings. The van der Waals surface area contributed by atoms with Crippen LogP contribution in [0.25, 0.3) is 21.1 Å². The van der Waals surface area contributed by atoms with Crippen LogP contribution in [0, 0.1) is 11.3 Å². The van der Waals surface area contributed by atoms with Gasteiger partial charge in [0.2, 0.25) is 5.91 Å². The molecular weight excluding hydrogens is 412 g/mol. The maximum atomic E-state index is 9.43. The summed E-state index contributed by atoms with van der Waals surface area (Å²) in [4.78, 5) is 9.34. The van der Waals surface area contributed by atoms with E-state index in [4.69, 9.17) is 9.84 Å². The first-order valence-corrected chi connectivity index (χ1v) is 10.8. The highest BCUT2D eigenvalue weighted by molar-refractivity contribution is 7.17. The van der Waals surface area contributed by atoms with Gasteiger partial charge in [-0.2, -0.15) is 5.26 Å². The van der Waals surface area contributed by atoms with Crippen molar-refractivity contribution in [1.82, 2.24) is 10.2 Å². The summed E-state index contributed by atoms with van der Waals surface area (Å²) in [5, 5.41) is 27.7. The number of ether oxygens (including phenoxy) is 1. The monoisotopic (exact) mass is 436 g/mol. The molecule has 0 unspecified atom stereocenters. The molecule has 4 rings (SSSR count). The van der Waals surface area contributed by atoms with Crippen LogP contribution in [0.5, 0.6) is 5.75 Å². The van der Waals surface area contributed by atoms with Crippen molar-refractivity contribution in [1.29, 1.82) is 5.26 Å². The maximum absolute atomic E-state index is 9.43. The topological polar surface area (TPSA) is 122 Å². The Kier molecular flexibility index (Phi) is 7.34. The second-order valence-electron chi connectivity index (χ2n) is 7.32. The number of aliphatic hydroxyl groups excluding tert-OH is 1. The van der Waals surface area contributed by atoms with Crippen LogP contribution in [0.4, 0.5) is 0 Å². The van der Waals surface area contributed by atoms with E-state index in [0.29, 0.717) is 11.3 Å². The second-order valence-corrected chi connectivity index (χ2v) is 8.30. The standard InChI is InChI=1S/C21H19N3OS.C2H5NO2/c1-13(2)25-19-10-9-15(11-16(19)12-22)20-23-24-21(26-20)18-8-4-6-14-5-3-7-17(14)18;3-2(5)1-4/h4,6,8-11,13H,3,5,7H2,1-2H3;4H,1H2,(H2,3,5). The molecule has 0 atom stereocenters. The largest absolute Gasteiger partial charge is 0.490 e. The Morgan fingerprint density at radius 3 is 2.68 bits per heavy atom. The fourth-order valence-corrected chi connectivity index (χ4v) is 4.27. The number of aliphatic hydroxyl groups is 1. The summed E-state index contributed by atoms with van der Waals surface area (Å²) in [5.41, 5.74) is 9.86. The first kappa shape index (κ1) is 22.4. The van der Waals surface area contributed by atoms with E-state index < -0.39 is 12.5 Å². The van der Waals surface area contributed by atoms with Crippen LogP contribution in [0.2, 0.25) is 0 Å². The highest BCUT2D eigenvalue weighted by Crippen LogP contribution is 2.37. The van der Waals surface area contributed by atoms with Gasteiger partial charge in [-0.25, -0.2) is 0 Å². The summed E-state index contributed by atoms with van der Waals surface area (Å²) < 4.78 is 5.70. The van der Waals surface area contributed by atoms with Gasteiger partial charge in [0.15, 0.2) is 0 Å². The molecule has 7 nitrogen and oxygen atoms in total. The van der Waals surface area contributed by atoms with Crippen molar-refractivity contribution in [2.45, 2.75) is 39.2 Å². The molecule has 8 heteroatoms. The van der Waals surface area contributed by atoms with E-state index in [-0.39, 0.29) is 6.10 Å². The van der Waals surface area contributed by atoms with Crippen molar-refractivity contribution in [3.05, 3.63) is 53.1 Å². The van der Waals surface area contributed by atoms with Gasteiger partial charge >= 0.3 is 0 Å². The summed E-state index contributed by atoms with van der Waals surface area (Å²) >= 11 is 1.57. The summed E-state index contributed by atoms with van der Waals surface area (Å²) in [6.45, 7) is 3.34. The third kappa shape index (κ3) is 5.45. The van der Waals surface area contributed by atoms with E-state index in [2.05, 4.69) is 40.2 Å². The molecule has 1 aliphatic rings. The van der Waals surface area contributed by atoms with Crippen molar-refractivity contribution < 1.29 is 14.6 Å². The smallest absolute Gasteiger partial charge is 0.243 e. The van der Waals surface area contributed by atoms with Gasteiger partial charge in [0.25, 0.3) is 0 Å². The van der Waals surface area contributed by atoms with Gasteiger partial charge in [0, 0.05) is 11.1 Å². The Labute approximate surface area is 185 Å². The predicted octanol–water partition coefficient (Wildman–Crippen LogP) is 3.48. The van der Waals surface area contributed by atoms with E-state index in [1.54, 1.807) is 11.3 Å². The quantitative estimate of drug-likeness (QED) is 0.631. The molecule has 0 aliphatic heterocycles. The highest BCUT2D eigenvalue weighted by atomic mass is 32.1. The molecule has 1 amide bonds. The van der Waals surface area contributed by atoms with Gasteiger partial charge in [0.05, 0.1) is 11.7 Å². The first-order valence-electron chi connectivity index (χ1n) is 9.98. The number of carbonyl (C=O) groups is 1. The highest BCUT2D eigenvalue weighted by Gasteiger charge is 2.18. The molecule has 160 valence electrons. The number of nitriles is 1. The zero-order valence-electron chi connectivity index (χ0n) is 17.5. The van der Waals surface area contributed by atoms with Crippen LogP contribution in [-0.4, -0.2) is 33.9 Å². The molecule has 0 saturated heterocycles. The minimum atomic E-state index is -0.690. The number of nitrogens with zero attached hydrogens (tertiary/aromatic N) is 3. The van der Waals surface area contributed by atoms with Crippen molar-refractivity contribution in [2.75, 3.05) is 6.61 Å². The van der Waals surface area contributed by atoms with Crippen LogP contribution in [-0.2, 0) is 17.6 Å². The van der Waals surface area contributed by atoms with Gasteiger partial charge < -0.3 is 15.6 Å². The van der Waals surface area contributed by atoms with E-state index in [0.717, 1.165) is 28.4 Å². The number of primary amides is 1. The lowest BCUT2D eigenvalue weighted by atomic mass is 10.0. The molecule has 0 spiro atoms. The zero-order chi connectivity index (χ0) is 22.4. The van der Waals surface area contributed by atoms with E-state index in [1.807, 2.05) is 32.0 Å². The minimum absolute atomic E-state index is 0.0289. The Bertz CT molecular complexity index is 1120. The molecule has 3 N–H and O–H groups in total. The molecule has 2 aromatic carbocycles. The first-order chi connectivity index (χ1) is 14.9. The number of fused-ring (bicyclic) bond motifs is 1. The number of benzene rings is 2. The molecule has 1 aromatic heterocycles. The van der Waals surface area contributed by atoms with Crippen molar-refractivity contribution >= 4 is 17.2 Å². The van der Waals surface area contributed by atoms with Crippen LogP contribution in [0.3, 0.4) is 0 Å². The normalized spacial score (nSPS) is 12.0. The third-order valence-corrected chi connectivity index (χ3v) is 5.67. The van der Waals surface area contributed by atoms with Crippen LogP contribution in [0.15, 0.2) is 36.4 Å². The fraction of sp³-hybridized carbons (Fsp3) is 0.304. The zero-order valence-corrected chi connectivity index (χ0v) is 18.3. The lowest BCUT2D eigenvalue weighted by Crippen LogP contribution is -2.14. The van der Waals surface area contributed by atoms with Crippen molar-refractivity contribution in [3.63, 3.8) is 0 Å². The SMILES string of the molecule is CC(C)Oc1ccc(-c2nnc(-c3cccc4c3CCC4)s2)cc1C#N.NC(=O)CO. The number of aryl methyl sites for hydroxylation is 1. The van der Waals surface area contributed by atoms with Crippen molar-refractivity contribution in [2.24, 2.45) is 5.73 Å². The lowest BCUT2D eigenvalue weighted by molar-refractivity contribution is -0.120. The van der Waals surface area contributed by atoms with Crippen LogP contribution < -0.4 is 10.5 Å². The third-order valence-electron chi connectivity index (χ3n) is 4.67. The van der Waals surface area contributed by atoms with E-state index in [9.17, 15) is 10.1 Å². The Balaban J connectivity index is 0.000000491. The fourth-order valence-electron chi connectivity index (χ4n) is 3.38. The Morgan fingerprint density at radius 2 is 2.00 bits per heavy atom. The van der Waals surface area contributed by atoms with Gasteiger partial charge in [0.1, 0.15) is 28.4 Å². The van der Waals surface area contributed by atoms with E-state index in [1.165, 1.54) is 23.1 Å².